The Bertz CT molecular complexity index is 1360. The minimum absolute atomic E-state index is 0.323. The molecule has 1 aliphatic heterocycles. The van der Waals surface area contributed by atoms with Crippen LogP contribution < -0.4 is 20.7 Å². The molecule has 2 aromatic heterocycles. The van der Waals surface area contributed by atoms with Crippen LogP contribution in [0.4, 0.5) is 17.3 Å². The fraction of sp³-hybridized carbons (Fsp3) is 0.414. The maximum Gasteiger partial charge on any atom is 0.229 e. The predicted octanol–water partition coefficient (Wildman–Crippen LogP) is 4.60. The number of hydrogen-bond acceptors (Lipinski definition) is 8. The van der Waals surface area contributed by atoms with Gasteiger partial charge < -0.3 is 25.4 Å². The molecule has 0 radical (unpaired) electrons. The lowest BCUT2D eigenvalue weighted by Crippen LogP contribution is -2.36. The highest BCUT2D eigenvalue weighted by Gasteiger charge is 2.22. The van der Waals surface area contributed by atoms with Crippen LogP contribution in [0.15, 0.2) is 54.7 Å². The van der Waals surface area contributed by atoms with Crippen molar-refractivity contribution in [1.29, 1.82) is 0 Å². The molecule has 198 valence electrons. The lowest BCUT2D eigenvalue weighted by molar-refractivity contribution is 0.122. The maximum absolute atomic E-state index is 6.17. The van der Waals surface area contributed by atoms with Crippen LogP contribution in [0.1, 0.15) is 25.7 Å². The summed E-state index contributed by atoms with van der Waals surface area (Å²) in [5.74, 6) is 1.90. The largest absolute Gasteiger partial charge is 0.497 e. The Morgan fingerprint density at radius 1 is 1.00 bits per heavy atom. The summed E-state index contributed by atoms with van der Waals surface area (Å²) in [7, 11) is 1.66. The lowest BCUT2D eigenvalue weighted by atomic mass is 9.86. The second kappa shape index (κ2) is 11.0. The van der Waals surface area contributed by atoms with E-state index in [0.717, 1.165) is 92.3 Å². The summed E-state index contributed by atoms with van der Waals surface area (Å²) in [6.45, 7) is 4.20. The van der Waals surface area contributed by atoms with E-state index in [1.54, 1.807) is 7.11 Å². The van der Waals surface area contributed by atoms with Gasteiger partial charge in [-0.05, 0) is 68.0 Å². The van der Waals surface area contributed by atoms with Gasteiger partial charge in [-0.15, -0.1) is 0 Å². The second-order valence-electron chi connectivity index (χ2n) is 10.2. The molecule has 38 heavy (non-hydrogen) atoms. The van der Waals surface area contributed by atoms with Gasteiger partial charge in [0.2, 0.25) is 5.95 Å². The first-order valence-corrected chi connectivity index (χ1v) is 13.5. The number of nitrogens with two attached hydrogens (primary N) is 1. The molecule has 0 atom stereocenters. The van der Waals surface area contributed by atoms with Crippen LogP contribution in [0.25, 0.3) is 22.3 Å². The summed E-state index contributed by atoms with van der Waals surface area (Å²) in [6, 6.07) is 16.7. The van der Waals surface area contributed by atoms with E-state index in [9.17, 15) is 0 Å². The molecule has 0 bridgehead atoms. The van der Waals surface area contributed by atoms with Crippen molar-refractivity contribution in [3.63, 3.8) is 0 Å². The predicted molar refractivity (Wildman–Crippen MR) is 150 cm³/mol. The topological polar surface area (TPSA) is 103 Å². The number of ether oxygens (including phenoxy) is 2. The number of aromatic nitrogens is 4. The molecule has 2 aliphatic rings. The first-order chi connectivity index (χ1) is 18.7. The average molecular weight is 514 g/mol. The van der Waals surface area contributed by atoms with Gasteiger partial charge >= 0.3 is 0 Å². The third-order valence-corrected chi connectivity index (χ3v) is 7.67. The van der Waals surface area contributed by atoms with E-state index in [0.29, 0.717) is 17.9 Å². The molecule has 0 amide bonds. The normalized spacial score (nSPS) is 20.0. The zero-order valence-electron chi connectivity index (χ0n) is 21.8. The van der Waals surface area contributed by atoms with Crippen molar-refractivity contribution >= 4 is 28.4 Å². The standard InChI is InChI=1S/C29H35N7O2/c1-37-25-12-8-23(9-13-25)32-29-31-18-26-27(21-4-10-24(11-5-21)35-14-16-38-17-15-35)34-36(28(26)33-29)19-20-2-6-22(30)7-3-20/h4-5,8-13,18,20,22H,2-3,6-7,14-17,19,30H2,1H3,(H,31,32,33). The number of morpholine rings is 1. The van der Waals surface area contributed by atoms with Crippen molar-refractivity contribution in [2.45, 2.75) is 38.3 Å². The van der Waals surface area contributed by atoms with Crippen LogP contribution in [0.2, 0.25) is 0 Å². The van der Waals surface area contributed by atoms with Crippen LogP contribution in [0.3, 0.4) is 0 Å². The summed E-state index contributed by atoms with van der Waals surface area (Å²) >= 11 is 0. The van der Waals surface area contributed by atoms with E-state index in [1.165, 1.54) is 5.69 Å². The van der Waals surface area contributed by atoms with Crippen molar-refractivity contribution in [2.24, 2.45) is 11.7 Å². The summed E-state index contributed by atoms with van der Waals surface area (Å²) < 4.78 is 12.8. The molecule has 0 spiro atoms. The highest BCUT2D eigenvalue weighted by atomic mass is 16.5. The van der Waals surface area contributed by atoms with Crippen molar-refractivity contribution < 1.29 is 9.47 Å². The molecule has 1 saturated heterocycles. The van der Waals surface area contributed by atoms with Crippen LogP contribution >= 0.6 is 0 Å². The monoisotopic (exact) mass is 513 g/mol. The van der Waals surface area contributed by atoms with Crippen molar-refractivity contribution in [2.75, 3.05) is 43.6 Å². The smallest absolute Gasteiger partial charge is 0.229 e. The molecule has 3 N–H and O–H groups in total. The third-order valence-electron chi connectivity index (χ3n) is 7.67. The number of benzene rings is 2. The molecule has 1 saturated carbocycles. The Labute approximate surface area is 223 Å². The molecule has 4 aromatic rings. The number of anilines is 3. The second-order valence-corrected chi connectivity index (χ2v) is 10.2. The van der Waals surface area contributed by atoms with E-state index in [-0.39, 0.29) is 0 Å². The molecule has 2 aromatic carbocycles. The SMILES string of the molecule is COc1ccc(Nc2ncc3c(-c4ccc(N5CCOCC5)cc4)nn(CC4CCC(N)CC4)c3n2)cc1. The summed E-state index contributed by atoms with van der Waals surface area (Å²) in [4.78, 5) is 11.9. The molecule has 0 unspecified atom stereocenters. The molecule has 2 fully saturated rings. The molecule has 9 heteroatoms. The van der Waals surface area contributed by atoms with Crippen LogP contribution in [0.5, 0.6) is 5.75 Å². The fourth-order valence-corrected chi connectivity index (χ4v) is 5.43. The zero-order valence-corrected chi connectivity index (χ0v) is 21.8. The Hall–Kier alpha value is -3.69. The van der Waals surface area contributed by atoms with E-state index >= 15 is 0 Å². The van der Waals surface area contributed by atoms with Gasteiger partial charge in [-0.3, -0.25) is 0 Å². The van der Waals surface area contributed by atoms with E-state index in [1.807, 2.05) is 30.5 Å². The van der Waals surface area contributed by atoms with Gasteiger partial charge in [0.05, 0.1) is 25.7 Å². The highest BCUT2D eigenvalue weighted by molar-refractivity contribution is 5.91. The molecule has 6 rings (SSSR count). The van der Waals surface area contributed by atoms with Gasteiger partial charge in [0, 0.05) is 48.8 Å². The van der Waals surface area contributed by atoms with Gasteiger partial charge in [-0.1, -0.05) is 12.1 Å². The highest BCUT2D eigenvalue weighted by Crippen LogP contribution is 2.32. The summed E-state index contributed by atoms with van der Waals surface area (Å²) in [5.41, 5.74) is 11.1. The number of methoxy groups -OCH3 is 1. The average Bonchev–Trinajstić information content (AvgIpc) is 3.32. The third kappa shape index (κ3) is 5.30. The molecule has 9 nitrogen and oxygen atoms in total. The van der Waals surface area contributed by atoms with Crippen LogP contribution in [0, 0.1) is 5.92 Å². The first kappa shape index (κ1) is 24.6. The van der Waals surface area contributed by atoms with Crippen molar-refractivity contribution in [3.05, 3.63) is 54.7 Å². The van der Waals surface area contributed by atoms with E-state index < -0.39 is 0 Å². The van der Waals surface area contributed by atoms with Gasteiger partial charge in [-0.2, -0.15) is 10.1 Å². The van der Waals surface area contributed by atoms with Crippen LogP contribution in [-0.2, 0) is 11.3 Å². The van der Waals surface area contributed by atoms with Crippen molar-refractivity contribution in [1.82, 2.24) is 19.7 Å². The minimum Gasteiger partial charge on any atom is -0.497 e. The van der Waals surface area contributed by atoms with Crippen molar-refractivity contribution in [3.8, 4) is 17.0 Å². The maximum atomic E-state index is 6.17. The fourth-order valence-electron chi connectivity index (χ4n) is 5.43. The Morgan fingerprint density at radius 2 is 1.74 bits per heavy atom. The van der Waals surface area contributed by atoms with Crippen LogP contribution in [-0.4, -0.2) is 59.2 Å². The number of nitrogens with zero attached hydrogens (tertiary/aromatic N) is 5. The Kier molecular flexibility index (Phi) is 7.11. The molecule has 1 aliphatic carbocycles. The Morgan fingerprint density at radius 3 is 2.45 bits per heavy atom. The summed E-state index contributed by atoms with van der Waals surface area (Å²) in [6.07, 6.45) is 6.26. The Balaban J connectivity index is 1.32. The molecular formula is C29H35N7O2. The number of fused-ring (bicyclic) bond motifs is 1. The van der Waals surface area contributed by atoms with Gasteiger partial charge in [0.1, 0.15) is 11.4 Å². The number of rotatable bonds is 7. The summed E-state index contributed by atoms with van der Waals surface area (Å²) in [5, 5.41) is 9.37. The van der Waals surface area contributed by atoms with Gasteiger partial charge in [-0.25, -0.2) is 9.67 Å². The van der Waals surface area contributed by atoms with Gasteiger partial charge in [0.15, 0.2) is 5.65 Å². The molecular weight excluding hydrogens is 478 g/mol. The molecule has 3 heterocycles. The lowest BCUT2D eigenvalue weighted by Gasteiger charge is -2.28. The number of nitrogens with one attached hydrogen (secondary N) is 1. The first-order valence-electron chi connectivity index (χ1n) is 13.5. The number of hydrogen-bond donors (Lipinski definition) is 2. The van der Waals surface area contributed by atoms with Gasteiger partial charge in [0.25, 0.3) is 0 Å². The van der Waals surface area contributed by atoms with E-state index in [4.69, 9.17) is 25.3 Å². The zero-order chi connectivity index (χ0) is 25.9. The van der Waals surface area contributed by atoms with E-state index in [2.05, 4.69) is 44.1 Å². The minimum atomic E-state index is 0.323. The quantitative estimate of drug-likeness (QED) is 0.370.